The Kier molecular flexibility index (Phi) is 4.59. The van der Waals surface area contributed by atoms with E-state index in [4.69, 9.17) is 23.2 Å². The average Bonchev–Trinajstić information content (AvgIpc) is 2.48. The van der Waals surface area contributed by atoms with E-state index in [1.165, 1.54) is 24.3 Å². The van der Waals surface area contributed by atoms with Crippen LogP contribution in [0.4, 0.5) is 5.69 Å². The molecule has 0 heterocycles. The molecule has 0 aliphatic rings. The number of nitro benzene ring substituents is 1. The number of non-ortho nitro benzene ring substituents is 1. The van der Waals surface area contributed by atoms with Gasteiger partial charge in [0.25, 0.3) is 5.69 Å². The van der Waals surface area contributed by atoms with Crippen LogP contribution in [0.3, 0.4) is 0 Å². The molecule has 6 heteroatoms. The lowest BCUT2D eigenvalue weighted by atomic mass is 10.0. The number of nitrogens with zero attached hydrogens (tertiary/aromatic N) is 2. The first kappa shape index (κ1) is 15.0. The molecule has 0 bridgehead atoms. The third-order valence-electron chi connectivity index (χ3n) is 2.76. The molecule has 2 aromatic rings. The second-order valence-corrected chi connectivity index (χ2v) is 4.96. The van der Waals surface area contributed by atoms with Gasteiger partial charge in [0.1, 0.15) is 0 Å². The lowest BCUT2D eigenvalue weighted by Gasteiger charge is -2.01. The normalized spacial score (nSPS) is 11.0. The minimum Gasteiger partial charge on any atom is -0.258 e. The number of nitriles is 1. The zero-order valence-corrected chi connectivity index (χ0v) is 12.1. The number of rotatable bonds is 3. The van der Waals surface area contributed by atoms with Crippen LogP contribution in [0.2, 0.25) is 10.0 Å². The standard InChI is InChI=1S/C15H8Cl2N2O2/c16-14-6-1-10(8-15(14)17)7-12(9-18)11-2-4-13(5-3-11)19(20)21/h1-8H. The van der Waals surface area contributed by atoms with E-state index in [1.54, 1.807) is 24.3 Å². The summed E-state index contributed by atoms with van der Waals surface area (Å²) in [5.74, 6) is 0. The van der Waals surface area contributed by atoms with Gasteiger partial charge in [-0.25, -0.2) is 0 Å². The van der Waals surface area contributed by atoms with Crippen LogP contribution in [0.15, 0.2) is 42.5 Å². The molecule has 21 heavy (non-hydrogen) atoms. The Morgan fingerprint density at radius 2 is 1.81 bits per heavy atom. The molecule has 104 valence electrons. The molecule has 4 nitrogen and oxygen atoms in total. The van der Waals surface area contributed by atoms with Gasteiger partial charge in [-0.05, 0) is 41.5 Å². The highest BCUT2D eigenvalue weighted by molar-refractivity contribution is 6.42. The van der Waals surface area contributed by atoms with Gasteiger partial charge in [-0.2, -0.15) is 5.26 Å². The number of hydrogen-bond acceptors (Lipinski definition) is 3. The minimum atomic E-state index is -0.488. The van der Waals surface area contributed by atoms with Gasteiger partial charge in [0.15, 0.2) is 0 Å². The number of nitro groups is 1. The predicted molar refractivity (Wildman–Crippen MR) is 83.0 cm³/mol. The van der Waals surface area contributed by atoms with Gasteiger partial charge in [0.05, 0.1) is 26.6 Å². The van der Waals surface area contributed by atoms with Gasteiger partial charge < -0.3 is 0 Å². The highest BCUT2D eigenvalue weighted by Gasteiger charge is 2.07. The molecule has 2 rings (SSSR count). The first-order chi connectivity index (χ1) is 10.0. The van der Waals surface area contributed by atoms with Crippen LogP contribution >= 0.6 is 23.2 Å². The van der Waals surface area contributed by atoms with Crippen LogP contribution in [-0.2, 0) is 0 Å². The first-order valence-electron chi connectivity index (χ1n) is 5.83. The summed E-state index contributed by atoms with van der Waals surface area (Å²) in [6, 6.07) is 12.9. The minimum absolute atomic E-state index is 0.0226. The number of hydrogen-bond donors (Lipinski definition) is 0. The van der Waals surface area contributed by atoms with Gasteiger partial charge in [0.2, 0.25) is 0 Å². The molecule has 0 spiro atoms. The Labute approximate surface area is 131 Å². The lowest BCUT2D eigenvalue weighted by Crippen LogP contribution is -1.88. The summed E-state index contributed by atoms with van der Waals surface area (Å²) < 4.78 is 0. The fraction of sp³-hybridized carbons (Fsp3) is 0. The molecule has 0 aliphatic heterocycles. The van der Waals surface area contributed by atoms with Crippen molar-refractivity contribution in [2.75, 3.05) is 0 Å². The predicted octanol–water partition coefficient (Wildman–Crippen LogP) is 4.97. The van der Waals surface area contributed by atoms with Crippen molar-refractivity contribution in [2.24, 2.45) is 0 Å². The van der Waals surface area contributed by atoms with E-state index in [-0.39, 0.29) is 5.69 Å². The van der Waals surface area contributed by atoms with Crippen molar-refractivity contribution in [3.63, 3.8) is 0 Å². The first-order valence-corrected chi connectivity index (χ1v) is 6.58. The summed E-state index contributed by atoms with van der Waals surface area (Å²) >= 11 is 11.8. The van der Waals surface area contributed by atoms with Crippen molar-refractivity contribution in [1.29, 1.82) is 5.26 Å². The van der Waals surface area contributed by atoms with Crippen LogP contribution in [0, 0.1) is 21.4 Å². The molecule has 0 atom stereocenters. The Hall–Kier alpha value is -2.35. The van der Waals surface area contributed by atoms with Gasteiger partial charge >= 0.3 is 0 Å². The summed E-state index contributed by atoms with van der Waals surface area (Å²) in [5.41, 5.74) is 1.67. The number of halogens is 2. The SMILES string of the molecule is N#CC(=Cc1ccc(Cl)c(Cl)c1)c1ccc([N+](=O)[O-])cc1. The van der Waals surface area contributed by atoms with Crippen LogP contribution in [-0.4, -0.2) is 4.92 Å². The summed E-state index contributed by atoms with van der Waals surface area (Å²) in [6.45, 7) is 0. The second kappa shape index (κ2) is 6.40. The van der Waals surface area contributed by atoms with Crippen LogP contribution in [0.5, 0.6) is 0 Å². The third kappa shape index (κ3) is 3.60. The van der Waals surface area contributed by atoms with Gasteiger partial charge in [-0.3, -0.25) is 10.1 Å². The second-order valence-electron chi connectivity index (χ2n) is 4.15. The van der Waals surface area contributed by atoms with Gasteiger partial charge in [-0.1, -0.05) is 29.3 Å². The molecule has 0 aliphatic carbocycles. The van der Waals surface area contributed by atoms with E-state index >= 15 is 0 Å². The molecule has 0 saturated heterocycles. The Morgan fingerprint density at radius 3 is 2.33 bits per heavy atom. The molecular weight excluding hydrogens is 311 g/mol. The maximum absolute atomic E-state index is 10.6. The van der Waals surface area contributed by atoms with Crippen LogP contribution < -0.4 is 0 Å². The molecule has 0 N–H and O–H groups in total. The largest absolute Gasteiger partial charge is 0.269 e. The zero-order chi connectivity index (χ0) is 15.4. The monoisotopic (exact) mass is 318 g/mol. The van der Waals surface area contributed by atoms with Crippen molar-refractivity contribution in [1.82, 2.24) is 0 Å². The van der Waals surface area contributed by atoms with Crippen molar-refractivity contribution >= 4 is 40.5 Å². The van der Waals surface area contributed by atoms with Crippen LogP contribution in [0.25, 0.3) is 11.6 Å². The molecular formula is C15H8Cl2N2O2. The Bertz CT molecular complexity index is 762. The van der Waals surface area contributed by atoms with E-state index in [0.29, 0.717) is 21.2 Å². The Balaban J connectivity index is 2.39. The van der Waals surface area contributed by atoms with Crippen molar-refractivity contribution in [3.05, 3.63) is 73.8 Å². The maximum atomic E-state index is 10.6. The molecule has 0 amide bonds. The molecule has 0 radical (unpaired) electrons. The molecule has 0 unspecified atom stereocenters. The van der Waals surface area contributed by atoms with E-state index in [2.05, 4.69) is 6.07 Å². The highest BCUT2D eigenvalue weighted by atomic mass is 35.5. The number of benzene rings is 2. The van der Waals surface area contributed by atoms with Gasteiger partial charge in [0, 0.05) is 12.1 Å². The Morgan fingerprint density at radius 1 is 1.14 bits per heavy atom. The van der Waals surface area contributed by atoms with Crippen LogP contribution in [0.1, 0.15) is 11.1 Å². The van der Waals surface area contributed by atoms with E-state index in [9.17, 15) is 15.4 Å². The molecule has 2 aromatic carbocycles. The zero-order valence-electron chi connectivity index (χ0n) is 10.6. The van der Waals surface area contributed by atoms with Crippen molar-refractivity contribution in [2.45, 2.75) is 0 Å². The molecule has 0 fully saturated rings. The summed E-state index contributed by atoms with van der Waals surface area (Å²) in [7, 11) is 0. The van der Waals surface area contributed by atoms with E-state index in [1.807, 2.05) is 0 Å². The highest BCUT2D eigenvalue weighted by Crippen LogP contribution is 2.26. The van der Waals surface area contributed by atoms with Gasteiger partial charge in [-0.15, -0.1) is 0 Å². The smallest absolute Gasteiger partial charge is 0.258 e. The molecule has 0 saturated carbocycles. The van der Waals surface area contributed by atoms with Crippen molar-refractivity contribution in [3.8, 4) is 6.07 Å². The summed E-state index contributed by atoms with van der Waals surface area (Å²) in [5, 5.41) is 20.7. The quantitative estimate of drug-likeness (QED) is 0.347. The molecule has 0 aromatic heterocycles. The summed E-state index contributed by atoms with van der Waals surface area (Å²) in [6.07, 6.45) is 1.64. The van der Waals surface area contributed by atoms with E-state index in [0.717, 1.165) is 5.56 Å². The third-order valence-corrected chi connectivity index (χ3v) is 3.50. The fourth-order valence-corrected chi connectivity index (χ4v) is 2.02. The number of allylic oxidation sites excluding steroid dienone is 1. The maximum Gasteiger partial charge on any atom is 0.269 e. The lowest BCUT2D eigenvalue weighted by molar-refractivity contribution is -0.384. The topological polar surface area (TPSA) is 66.9 Å². The van der Waals surface area contributed by atoms with Crippen molar-refractivity contribution < 1.29 is 4.92 Å². The average molecular weight is 319 g/mol. The van der Waals surface area contributed by atoms with E-state index < -0.39 is 4.92 Å². The fourth-order valence-electron chi connectivity index (χ4n) is 1.71. The summed E-state index contributed by atoms with van der Waals surface area (Å²) in [4.78, 5) is 10.1.